The SMILES string of the molecule is Nc1c(Br)cc(Cl)cc1CNC1CCC(O)CC1. The van der Waals surface area contributed by atoms with Crippen LogP contribution in [-0.2, 0) is 6.54 Å². The molecule has 0 radical (unpaired) electrons. The molecule has 0 amide bonds. The third-order valence-electron chi connectivity index (χ3n) is 3.46. The van der Waals surface area contributed by atoms with E-state index in [2.05, 4.69) is 21.2 Å². The second-order valence-electron chi connectivity index (χ2n) is 4.85. The van der Waals surface area contributed by atoms with Crippen LogP contribution in [0.2, 0.25) is 5.02 Å². The molecule has 1 aliphatic carbocycles. The number of nitrogens with one attached hydrogen (secondary N) is 1. The van der Waals surface area contributed by atoms with Crippen molar-refractivity contribution in [3.8, 4) is 0 Å². The van der Waals surface area contributed by atoms with Gasteiger partial charge in [-0.2, -0.15) is 0 Å². The Hall–Kier alpha value is -0.290. The van der Waals surface area contributed by atoms with Gasteiger partial charge in [0.05, 0.1) is 11.8 Å². The molecule has 1 fully saturated rings. The summed E-state index contributed by atoms with van der Waals surface area (Å²) in [4.78, 5) is 0. The highest BCUT2D eigenvalue weighted by Crippen LogP contribution is 2.28. The van der Waals surface area contributed by atoms with Gasteiger partial charge in [-0.1, -0.05) is 11.6 Å². The molecule has 0 aromatic heterocycles. The van der Waals surface area contributed by atoms with Gasteiger partial charge in [0.25, 0.3) is 0 Å². The lowest BCUT2D eigenvalue weighted by Gasteiger charge is -2.26. The van der Waals surface area contributed by atoms with Gasteiger partial charge in [-0.3, -0.25) is 0 Å². The third-order valence-corrected chi connectivity index (χ3v) is 4.33. The van der Waals surface area contributed by atoms with Crippen LogP contribution in [0.3, 0.4) is 0 Å². The van der Waals surface area contributed by atoms with Crippen LogP contribution in [0.4, 0.5) is 5.69 Å². The van der Waals surface area contributed by atoms with E-state index < -0.39 is 0 Å². The predicted molar refractivity (Wildman–Crippen MR) is 78.7 cm³/mol. The minimum atomic E-state index is -0.117. The molecule has 1 aromatic carbocycles. The zero-order valence-corrected chi connectivity index (χ0v) is 12.5. The van der Waals surface area contributed by atoms with E-state index >= 15 is 0 Å². The van der Waals surface area contributed by atoms with Crippen molar-refractivity contribution in [3.63, 3.8) is 0 Å². The number of aliphatic hydroxyl groups excluding tert-OH is 1. The van der Waals surface area contributed by atoms with E-state index in [0.29, 0.717) is 17.6 Å². The molecule has 0 spiro atoms. The molecule has 3 nitrogen and oxygen atoms in total. The first-order valence-electron chi connectivity index (χ1n) is 6.21. The van der Waals surface area contributed by atoms with Crippen LogP contribution >= 0.6 is 27.5 Å². The van der Waals surface area contributed by atoms with Crippen molar-refractivity contribution in [1.29, 1.82) is 0 Å². The van der Waals surface area contributed by atoms with Gasteiger partial charge in [0.2, 0.25) is 0 Å². The van der Waals surface area contributed by atoms with Gasteiger partial charge in [-0.25, -0.2) is 0 Å². The first kappa shape index (κ1) is 14.1. The van der Waals surface area contributed by atoms with Crippen LogP contribution in [0.15, 0.2) is 16.6 Å². The summed E-state index contributed by atoms with van der Waals surface area (Å²) in [5, 5.41) is 13.6. The number of halogens is 2. The maximum atomic E-state index is 9.46. The third kappa shape index (κ3) is 3.60. The van der Waals surface area contributed by atoms with Crippen LogP contribution in [-0.4, -0.2) is 17.3 Å². The predicted octanol–water partition coefficient (Wildman–Crippen LogP) is 3.08. The molecule has 2 rings (SSSR count). The van der Waals surface area contributed by atoms with Crippen molar-refractivity contribution in [2.75, 3.05) is 5.73 Å². The van der Waals surface area contributed by atoms with Crippen molar-refractivity contribution in [3.05, 3.63) is 27.2 Å². The van der Waals surface area contributed by atoms with Gasteiger partial charge in [-0.15, -0.1) is 0 Å². The highest BCUT2D eigenvalue weighted by atomic mass is 79.9. The van der Waals surface area contributed by atoms with E-state index in [1.807, 2.05) is 6.07 Å². The van der Waals surface area contributed by atoms with Crippen molar-refractivity contribution < 1.29 is 5.11 Å². The molecular formula is C13H18BrClN2O. The molecule has 5 heteroatoms. The van der Waals surface area contributed by atoms with E-state index in [1.165, 1.54) is 0 Å². The highest BCUT2D eigenvalue weighted by Gasteiger charge is 2.19. The Morgan fingerprint density at radius 2 is 2.00 bits per heavy atom. The maximum Gasteiger partial charge on any atom is 0.0541 e. The van der Waals surface area contributed by atoms with E-state index in [-0.39, 0.29) is 6.10 Å². The number of benzene rings is 1. The molecule has 0 atom stereocenters. The lowest BCUT2D eigenvalue weighted by molar-refractivity contribution is 0.116. The summed E-state index contributed by atoms with van der Waals surface area (Å²) in [6.07, 6.45) is 3.68. The van der Waals surface area contributed by atoms with Crippen molar-refractivity contribution in [1.82, 2.24) is 5.32 Å². The summed E-state index contributed by atoms with van der Waals surface area (Å²) in [6.45, 7) is 0.714. The highest BCUT2D eigenvalue weighted by molar-refractivity contribution is 9.10. The van der Waals surface area contributed by atoms with Crippen LogP contribution < -0.4 is 11.1 Å². The van der Waals surface area contributed by atoms with E-state index in [1.54, 1.807) is 6.07 Å². The zero-order chi connectivity index (χ0) is 13.1. The van der Waals surface area contributed by atoms with Gasteiger partial charge in [-0.05, 0) is 59.3 Å². The fourth-order valence-corrected chi connectivity index (χ4v) is 3.19. The maximum absolute atomic E-state index is 9.46. The molecule has 0 unspecified atom stereocenters. The van der Waals surface area contributed by atoms with E-state index in [9.17, 15) is 5.11 Å². The number of hydrogen-bond donors (Lipinski definition) is 3. The fourth-order valence-electron chi connectivity index (χ4n) is 2.32. The minimum absolute atomic E-state index is 0.117. The van der Waals surface area contributed by atoms with Gasteiger partial charge >= 0.3 is 0 Å². The first-order chi connectivity index (χ1) is 8.56. The van der Waals surface area contributed by atoms with Gasteiger partial charge in [0, 0.05) is 22.1 Å². The summed E-state index contributed by atoms with van der Waals surface area (Å²) in [5.41, 5.74) is 7.76. The topological polar surface area (TPSA) is 58.3 Å². The second-order valence-corrected chi connectivity index (χ2v) is 6.14. The summed E-state index contributed by atoms with van der Waals surface area (Å²) in [6, 6.07) is 4.16. The lowest BCUT2D eigenvalue weighted by atomic mass is 9.93. The lowest BCUT2D eigenvalue weighted by Crippen LogP contribution is -2.34. The van der Waals surface area contributed by atoms with Gasteiger partial charge < -0.3 is 16.2 Å². The number of nitrogen functional groups attached to an aromatic ring is 1. The summed E-state index contributed by atoms with van der Waals surface area (Å²) < 4.78 is 0.839. The van der Waals surface area contributed by atoms with Crippen LogP contribution in [0, 0.1) is 0 Å². The number of hydrogen-bond acceptors (Lipinski definition) is 3. The van der Waals surface area contributed by atoms with Crippen molar-refractivity contribution in [2.45, 2.75) is 44.4 Å². The average molecular weight is 334 g/mol. The Balaban J connectivity index is 1.94. The molecule has 0 bridgehead atoms. The first-order valence-corrected chi connectivity index (χ1v) is 7.38. The van der Waals surface area contributed by atoms with E-state index in [0.717, 1.165) is 41.4 Å². The molecule has 1 saturated carbocycles. The Morgan fingerprint density at radius 1 is 1.33 bits per heavy atom. The Kier molecular flexibility index (Phi) is 4.90. The molecule has 18 heavy (non-hydrogen) atoms. The van der Waals surface area contributed by atoms with Crippen LogP contribution in [0.1, 0.15) is 31.2 Å². The number of anilines is 1. The fraction of sp³-hybridized carbons (Fsp3) is 0.538. The zero-order valence-electron chi connectivity index (χ0n) is 10.1. The molecule has 1 aromatic rings. The molecule has 1 aliphatic rings. The summed E-state index contributed by atoms with van der Waals surface area (Å²) in [7, 11) is 0. The Morgan fingerprint density at radius 3 is 2.67 bits per heavy atom. The quantitative estimate of drug-likeness (QED) is 0.745. The van der Waals surface area contributed by atoms with Crippen LogP contribution in [0.25, 0.3) is 0 Å². The second kappa shape index (κ2) is 6.24. The molecule has 0 saturated heterocycles. The summed E-state index contributed by atoms with van der Waals surface area (Å²) >= 11 is 9.42. The van der Waals surface area contributed by atoms with Crippen LogP contribution in [0.5, 0.6) is 0 Å². The van der Waals surface area contributed by atoms with E-state index in [4.69, 9.17) is 17.3 Å². The van der Waals surface area contributed by atoms with Crippen molar-refractivity contribution >= 4 is 33.2 Å². The standard InChI is InChI=1S/C13H18BrClN2O/c14-12-6-9(15)5-8(13(12)16)7-17-10-1-3-11(18)4-2-10/h5-6,10-11,17-18H,1-4,7,16H2. The number of rotatable bonds is 3. The number of aliphatic hydroxyl groups is 1. The monoisotopic (exact) mass is 332 g/mol. The van der Waals surface area contributed by atoms with Gasteiger partial charge in [0.1, 0.15) is 0 Å². The molecule has 4 N–H and O–H groups in total. The normalized spacial score (nSPS) is 24.2. The minimum Gasteiger partial charge on any atom is -0.398 e. The summed E-state index contributed by atoms with van der Waals surface area (Å²) in [5.74, 6) is 0. The largest absolute Gasteiger partial charge is 0.398 e. The van der Waals surface area contributed by atoms with Crippen molar-refractivity contribution in [2.24, 2.45) is 0 Å². The van der Waals surface area contributed by atoms with Gasteiger partial charge in [0.15, 0.2) is 0 Å². The number of nitrogens with two attached hydrogens (primary N) is 1. The Bertz CT molecular complexity index is 420. The molecule has 0 heterocycles. The molecule has 0 aliphatic heterocycles. The molecular weight excluding hydrogens is 316 g/mol. The average Bonchev–Trinajstić information content (AvgIpc) is 2.34. The smallest absolute Gasteiger partial charge is 0.0541 e. The molecule has 100 valence electrons. The Labute approximate surface area is 121 Å².